The highest BCUT2D eigenvalue weighted by molar-refractivity contribution is 7.99. The summed E-state index contributed by atoms with van der Waals surface area (Å²) >= 11 is 3.36. The molecule has 3 aromatic heterocycles. The summed E-state index contributed by atoms with van der Waals surface area (Å²) in [5, 5.41) is 10.6. The lowest BCUT2D eigenvalue weighted by Crippen LogP contribution is -2.22. The second-order valence-electron chi connectivity index (χ2n) is 8.25. The van der Waals surface area contributed by atoms with Crippen molar-refractivity contribution in [2.24, 2.45) is 0 Å². The van der Waals surface area contributed by atoms with Gasteiger partial charge in [0.05, 0.1) is 11.1 Å². The van der Waals surface area contributed by atoms with Crippen molar-refractivity contribution in [3.05, 3.63) is 62.8 Å². The van der Waals surface area contributed by atoms with Crippen LogP contribution in [0.2, 0.25) is 0 Å². The van der Waals surface area contributed by atoms with Gasteiger partial charge in [0.25, 0.3) is 5.56 Å². The van der Waals surface area contributed by atoms with E-state index < -0.39 is 0 Å². The normalized spacial score (nSPS) is 16.3. The van der Waals surface area contributed by atoms with Crippen molar-refractivity contribution >= 4 is 39.1 Å². The molecule has 0 N–H and O–H groups in total. The molecule has 0 bridgehead atoms. The monoisotopic (exact) mass is 436 g/mol. The Morgan fingerprint density at radius 3 is 2.80 bits per heavy atom. The molecule has 30 heavy (non-hydrogen) atoms. The quantitative estimate of drug-likeness (QED) is 0.313. The van der Waals surface area contributed by atoms with E-state index in [0.29, 0.717) is 11.7 Å². The molecule has 1 atom stereocenters. The van der Waals surface area contributed by atoms with Crippen LogP contribution in [0.15, 0.2) is 46.4 Å². The van der Waals surface area contributed by atoms with Crippen LogP contribution < -0.4 is 5.56 Å². The van der Waals surface area contributed by atoms with Crippen molar-refractivity contribution in [3.8, 4) is 5.69 Å². The molecule has 1 aromatic carbocycles. The van der Waals surface area contributed by atoms with Gasteiger partial charge < -0.3 is 0 Å². The molecule has 3 heterocycles. The number of aryl methyl sites for hydroxylation is 2. The number of aromatic nitrogens is 4. The fraction of sp³-hybridized carbons (Fsp3) is 0.348. The maximum Gasteiger partial charge on any atom is 0.268 e. The van der Waals surface area contributed by atoms with E-state index in [9.17, 15) is 4.79 Å². The second kappa shape index (κ2) is 7.39. The number of thioether (sulfide) groups is 1. The first-order chi connectivity index (χ1) is 14.5. The van der Waals surface area contributed by atoms with Crippen LogP contribution >= 0.6 is 23.1 Å². The first-order valence-electron chi connectivity index (χ1n) is 10.3. The van der Waals surface area contributed by atoms with E-state index in [4.69, 9.17) is 0 Å². The van der Waals surface area contributed by atoms with Crippen LogP contribution in [-0.2, 0) is 6.42 Å². The van der Waals surface area contributed by atoms with Crippen LogP contribution in [0, 0.1) is 6.92 Å². The molecule has 7 heteroatoms. The third-order valence-electron chi connectivity index (χ3n) is 5.71. The third kappa shape index (κ3) is 3.03. The molecule has 0 aliphatic heterocycles. The van der Waals surface area contributed by atoms with Crippen LogP contribution in [0.3, 0.4) is 0 Å². The van der Waals surface area contributed by atoms with E-state index in [2.05, 4.69) is 28.1 Å². The fourth-order valence-corrected chi connectivity index (χ4v) is 6.54. The highest BCUT2D eigenvalue weighted by atomic mass is 32.2. The Morgan fingerprint density at radius 2 is 2.07 bits per heavy atom. The van der Waals surface area contributed by atoms with E-state index in [1.807, 2.05) is 38.1 Å². The zero-order chi connectivity index (χ0) is 21.0. The van der Waals surface area contributed by atoms with Gasteiger partial charge in [-0.1, -0.05) is 48.5 Å². The van der Waals surface area contributed by atoms with Crippen LogP contribution in [0.5, 0.6) is 0 Å². The minimum absolute atomic E-state index is 0.0106. The van der Waals surface area contributed by atoms with Crippen molar-refractivity contribution in [1.82, 2.24) is 19.2 Å². The average molecular weight is 437 g/mol. The summed E-state index contributed by atoms with van der Waals surface area (Å²) in [5.74, 6) is 1.74. The molecule has 0 saturated carbocycles. The summed E-state index contributed by atoms with van der Waals surface area (Å²) in [5.41, 5.74) is 4.31. The molecule has 0 amide bonds. The average Bonchev–Trinajstić information content (AvgIpc) is 3.30. The van der Waals surface area contributed by atoms with Crippen molar-refractivity contribution < 1.29 is 0 Å². The van der Waals surface area contributed by atoms with Gasteiger partial charge in [-0.15, -0.1) is 21.5 Å². The number of hydrogen-bond donors (Lipinski definition) is 0. The summed E-state index contributed by atoms with van der Waals surface area (Å²) in [6, 6.07) is 8.03. The minimum atomic E-state index is 0.0106. The van der Waals surface area contributed by atoms with Crippen molar-refractivity contribution in [1.29, 1.82) is 0 Å². The van der Waals surface area contributed by atoms with E-state index in [1.165, 1.54) is 16.9 Å². The van der Waals surface area contributed by atoms with Gasteiger partial charge >= 0.3 is 0 Å². The van der Waals surface area contributed by atoms with Gasteiger partial charge in [0.15, 0.2) is 5.16 Å². The summed E-state index contributed by atoms with van der Waals surface area (Å²) in [6.45, 7) is 10.3. The molecule has 1 aliphatic rings. The first-order valence-corrected chi connectivity index (χ1v) is 12.1. The summed E-state index contributed by atoms with van der Waals surface area (Å²) in [4.78, 5) is 16.2. The van der Waals surface area contributed by atoms with Crippen LogP contribution in [0.1, 0.15) is 48.6 Å². The molecular weight excluding hydrogens is 412 g/mol. The van der Waals surface area contributed by atoms with E-state index in [1.54, 1.807) is 27.7 Å². The zero-order valence-electron chi connectivity index (χ0n) is 17.4. The number of benzene rings is 1. The summed E-state index contributed by atoms with van der Waals surface area (Å²) in [6.07, 6.45) is 3.34. The van der Waals surface area contributed by atoms with Gasteiger partial charge in [-0.05, 0) is 56.7 Å². The predicted molar refractivity (Wildman–Crippen MR) is 126 cm³/mol. The molecule has 0 saturated heterocycles. The van der Waals surface area contributed by atoms with Crippen molar-refractivity contribution in [3.63, 3.8) is 0 Å². The zero-order valence-corrected chi connectivity index (χ0v) is 19.1. The summed E-state index contributed by atoms with van der Waals surface area (Å²) in [7, 11) is 0. The Morgan fingerprint density at radius 1 is 1.30 bits per heavy atom. The van der Waals surface area contributed by atoms with Gasteiger partial charge in [0.1, 0.15) is 4.83 Å². The Hall–Kier alpha value is -2.38. The van der Waals surface area contributed by atoms with Gasteiger partial charge in [-0.2, -0.15) is 0 Å². The van der Waals surface area contributed by atoms with Gasteiger partial charge in [0.2, 0.25) is 5.78 Å². The molecule has 154 valence electrons. The molecule has 5 nitrogen and oxygen atoms in total. The predicted octanol–water partition coefficient (Wildman–Crippen LogP) is 5.51. The van der Waals surface area contributed by atoms with Crippen LogP contribution in [-0.4, -0.2) is 24.9 Å². The number of fused-ring (bicyclic) bond motifs is 5. The molecule has 0 radical (unpaired) electrons. The van der Waals surface area contributed by atoms with Crippen LogP contribution in [0.4, 0.5) is 0 Å². The molecule has 4 aromatic rings. The highest BCUT2D eigenvalue weighted by Crippen LogP contribution is 2.41. The Bertz CT molecular complexity index is 1340. The maximum atomic E-state index is 13.8. The lowest BCUT2D eigenvalue weighted by molar-refractivity contribution is 0.601. The first kappa shape index (κ1) is 19.6. The standard InChI is InChI=1S/C23H24N4OS2/c1-13(2)12-29-23-25-24-22-26(16-10-8-14(3)9-11-16)20(28)19-18-15(4)6-5-7-17(18)30-21(19)27(22)23/h8-11,15H,1,5-7,12H2,2-4H3/t15-/m0/s1. The Labute approximate surface area is 183 Å². The molecule has 0 unspecified atom stereocenters. The number of hydrogen-bond acceptors (Lipinski definition) is 5. The summed E-state index contributed by atoms with van der Waals surface area (Å²) < 4.78 is 3.81. The Balaban J connectivity index is 1.89. The van der Waals surface area contributed by atoms with E-state index in [0.717, 1.165) is 50.8 Å². The maximum absolute atomic E-state index is 13.8. The number of thiophene rings is 1. The van der Waals surface area contributed by atoms with E-state index >= 15 is 0 Å². The largest absolute Gasteiger partial charge is 0.268 e. The van der Waals surface area contributed by atoms with Crippen molar-refractivity contribution in [2.75, 3.05) is 5.75 Å². The molecule has 5 rings (SSSR count). The number of nitrogens with zero attached hydrogens (tertiary/aromatic N) is 4. The molecule has 1 aliphatic carbocycles. The van der Waals surface area contributed by atoms with Crippen LogP contribution in [0.25, 0.3) is 21.7 Å². The van der Waals surface area contributed by atoms with Gasteiger partial charge in [0, 0.05) is 10.6 Å². The fourth-order valence-electron chi connectivity index (χ4n) is 4.26. The topological polar surface area (TPSA) is 52.2 Å². The third-order valence-corrected chi connectivity index (χ3v) is 8.12. The minimum Gasteiger partial charge on any atom is -0.268 e. The molecular formula is C23H24N4OS2. The second-order valence-corrected chi connectivity index (χ2v) is 10.3. The highest BCUT2D eigenvalue weighted by Gasteiger charge is 2.28. The van der Waals surface area contributed by atoms with Crippen molar-refractivity contribution in [2.45, 2.75) is 51.1 Å². The smallest absolute Gasteiger partial charge is 0.268 e. The SMILES string of the molecule is C=C(C)CSc1nnc2n(-c3ccc(C)cc3)c(=O)c3c4c(sc3n12)CCC[C@@H]4C. The lowest BCUT2D eigenvalue weighted by Gasteiger charge is -2.18. The Kier molecular flexibility index (Phi) is 4.82. The van der Waals surface area contributed by atoms with E-state index in [-0.39, 0.29) is 5.56 Å². The van der Waals surface area contributed by atoms with Gasteiger partial charge in [-0.25, -0.2) is 8.97 Å². The molecule has 0 spiro atoms. The number of rotatable bonds is 4. The molecule has 0 fully saturated rings. The van der Waals surface area contributed by atoms with Gasteiger partial charge in [-0.3, -0.25) is 4.79 Å². The lowest BCUT2D eigenvalue weighted by atomic mass is 9.88.